The summed E-state index contributed by atoms with van der Waals surface area (Å²) in [6.45, 7) is 5.68. The van der Waals surface area contributed by atoms with Gasteiger partial charge in [-0.2, -0.15) is 0 Å². The van der Waals surface area contributed by atoms with Gasteiger partial charge < -0.3 is 19.9 Å². The molecule has 1 fully saturated rings. The van der Waals surface area contributed by atoms with Crippen molar-refractivity contribution in [3.05, 3.63) is 11.3 Å². The number of carbonyl (C=O) groups excluding carboxylic acids is 2. The minimum atomic E-state index is -0.458. The Morgan fingerprint density at radius 1 is 1.32 bits per heavy atom. The van der Waals surface area contributed by atoms with Crippen LogP contribution in [0, 0.1) is 5.92 Å². The number of piperidine rings is 1. The Kier molecular flexibility index (Phi) is 5.65. The molecule has 3 unspecified atom stereocenters. The third-order valence-electron chi connectivity index (χ3n) is 4.13. The van der Waals surface area contributed by atoms with Crippen LogP contribution in [0.2, 0.25) is 0 Å². The molecular formula is C15H24N2O5. The van der Waals surface area contributed by atoms with E-state index in [1.807, 2.05) is 6.92 Å². The normalized spacial score (nSPS) is 27.3. The van der Waals surface area contributed by atoms with E-state index in [4.69, 9.17) is 9.47 Å². The van der Waals surface area contributed by atoms with Crippen LogP contribution < -0.4 is 5.32 Å². The summed E-state index contributed by atoms with van der Waals surface area (Å²) in [5.41, 5.74) is 0.334. The van der Waals surface area contributed by atoms with Crippen LogP contribution in [0.25, 0.3) is 0 Å². The van der Waals surface area contributed by atoms with Crippen LogP contribution in [0.3, 0.4) is 0 Å². The average molecular weight is 312 g/mol. The topological polar surface area (TPSA) is 88.1 Å². The van der Waals surface area contributed by atoms with Crippen LogP contribution in [0.15, 0.2) is 11.3 Å². The van der Waals surface area contributed by atoms with Crippen LogP contribution in [0.5, 0.6) is 0 Å². The molecule has 7 nitrogen and oxygen atoms in total. The van der Waals surface area contributed by atoms with Gasteiger partial charge in [0.15, 0.2) is 0 Å². The van der Waals surface area contributed by atoms with Crippen molar-refractivity contribution in [2.24, 2.45) is 5.92 Å². The van der Waals surface area contributed by atoms with Gasteiger partial charge in [0.05, 0.1) is 12.2 Å². The number of rotatable bonds is 5. The molecule has 0 spiro atoms. The van der Waals surface area contributed by atoms with Crippen LogP contribution in [0.1, 0.15) is 26.7 Å². The maximum Gasteiger partial charge on any atom is 0.407 e. The van der Waals surface area contributed by atoms with Crippen LogP contribution >= 0.6 is 0 Å². The van der Waals surface area contributed by atoms with Crippen LogP contribution in [-0.2, 0) is 14.3 Å². The zero-order valence-electron chi connectivity index (χ0n) is 13.1. The van der Waals surface area contributed by atoms with Gasteiger partial charge in [-0.3, -0.25) is 4.90 Å². The molecule has 0 saturated carbocycles. The summed E-state index contributed by atoms with van der Waals surface area (Å²) in [5.74, 6) is -0.327. The Bertz CT molecular complexity index is 463. The summed E-state index contributed by atoms with van der Waals surface area (Å²) >= 11 is 0. The lowest BCUT2D eigenvalue weighted by Gasteiger charge is -2.42. The minimum Gasteiger partial charge on any atom is -0.511 e. The summed E-state index contributed by atoms with van der Waals surface area (Å²) in [4.78, 5) is 25.4. The van der Waals surface area contributed by atoms with Gasteiger partial charge in [0.1, 0.15) is 12.4 Å². The second-order valence-electron chi connectivity index (χ2n) is 5.57. The summed E-state index contributed by atoms with van der Waals surface area (Å²) in [5, 5.41) is 12.8. The fraction of sp³-hybridized carbons (Fsp3) is 0.733. The highest BCUT2D eigenvalue weighted by atomic mass is 16.5. The van der Waals surface area contributed by atoms with Gasteiger partial charge in [-0.15, -0.1) is 0 Å². The van der Waals surface area contributed by atoms with Crippen molar-refractivity contribution in [1.82, 2.24) is 10.2 Å². The van der Waals surface area contributed by atoms with E-state index >= 15 is 0 Å². The number of aliphatic hydroxyl groups is 1. The second-order valence-corrected chi connectivity index (χ2v) is 5.57. The zero-order valence-corrected chi connectivity index (χ0v) is 13.1. The Morgan fingerprint density at radius 3 is 2.77 bits per heavy atom. The van der Waals surface area contributed by atoms with Gasteiger partial charge in [0.25, 0.3) is 0 Å². The highest BCUT2D eigenvalue weighted by molar-refractivity contribution is 5.89. The summed E-state index contributed by atoms with van der Waals surface area (Å²) in [6, 6.07) is 0.0661. The number of esters is 1. The number of aliphatic hydroxyl groups excluding tert-OH is 1. The zero-order chi connectivity index (χ0) is 16.1. The summed E-state index contributed by atoms with van der Waals surface area (Å²) < 4.78 is 10.2. The first kappa shape index (κ1) is 16.6. The third kappa shape index (κ3) is 3.71. The van der Waals surface area contributed by atoms with Crippen LogP contribution in [-0.4, -0.2) is 61.0 Å². The Labute approximate surface area is 130 Å². The van der Waals surface area contributed by atoms with Gasteiger partial charge in [0, 0.05) is 31.6 Å². The van der Waals surface area contributed by atoms with Gasteiger partial charge in [-0.25, -0.2) is 9.59 Å². The van der Waals surface area contributed by atoms with Crippen molar-refractivity contribution < 1.29 is 24.2 Å². The monoisotopic (exact) mass is 312 g/mol. The Morgan fingerprint density at radius 2 is 2.09 bits per heavy atom. The molecule has 0 aromatic heterocycles. The van der Waals surface area contributed by atoms with Crippen molar-refractivity contribution >= 4 is 12.1 Å². The molecular weight excluding hydrogens is 288 g/mol. The first-order valence-corrected chi connectivity index (χ1v) is 7.80. The third-order valence-corrected chi connectivity index (χ3v) is 4.13. The molecule has 2 bridgehead atoms. The predicted octanol–water partition coefficient (Wildman–Crippen LogP) is 1.20. The molecule has 0 aromatic carbocycles. The van der Waals surface area contributed by atoms with Gasteiger partial charge >= 0.3 is 12.1 Å². The minimum absolute atomic E-state index is 0.0334. The lowest BCUT2D eigenvalue weighted by molar-refractivity contribution is -0.139. The van der Waals surface area contributed by atoms with Crippen molar-refractivity contribution in [1.29, 1.82) is 0 Å². The van der Waals surface area contributed by atoms with E-state index in [2.05, 4.69) is 10.2 Å². The van der Waals surface area contributed by atoms with Crippen molar-refractivity contribution in [3.63, 3.8) is 0 Å². The number of nitrogens with one attached hydrogen (secondary N) is 1. The van der Waals surface area contributed by atoms with Gasteiger partial charge in [-0.1, -0.05) is 0 Å². The molecule has 2 N–H and O–H groups in total. The predicted molar refractivity (Wildman–Crippen MR) is 79.4 cm³/mol. The number of nitrogens with zero attached hydrogens (tertiary/aromatic N) is 1. The molecule has 1 amide bonds. The SMILES string of the molecule is CCNC(=O)OCC1CCC2CN1CC(C(=O)OCC)=C2O. The average Bonchev–Trinajstić information content (AvgIpc) is 2.50. The molecule has 0 radical (unpaired) electrons. The first-order valence-electron chi connectivity index (χ1n) is 7.80. The Balaban J connectivity index is 1.98. The standard InChI is InChI=1S/C15H24N2O5/c1-3-16-15(20)22-9-11-6-5-10-7-17(11)8-12(13(10)18)14(19)21-4-2/h10-11,18H,3-9H2,1-2H3,(H,16,20). The molecule has 2 heterocycles. The number of ether oxygens (including phenoxy) is 2. The quantitative estimate of drug-likeness (QED) is 0.742. The van der Waals surface area contributed by atoms with Crippen LogP contribution in [0.4, 0.5) is 4.79 Å². The van der Waals surface area contributed by atoms with E-state index in [9.17, 15) is 14.7 Å². The molecule has 1 saturated heterocycles. The number of fused-ring (bicyclic) bond motifs is 2. The molecule has 2 aliphatic rings. The van der Waals surface area contributed by atoms with Gasteiger partial charge in [0.2, 0.25) is 0 Å². The number of amides is 1. The maximum atomic E-state index is 11.9. The lowest BCUT2D eigenvalue weighted by Crippen LogP contribution is -2.51. The molecule has 22 heavy (non-hydrogen) atoms. The van der Waals surface area contributed by atoms with E-state index < -0.39 is 12.1 Å². The molecule has 3 atom stereocenters. The van der Waals surface area contributed by atoms with Crippen molar-refractivity contribution in [3.8, 4) is 0 Å². The number of hydrogen-bond donors (Lipinski definition) is 2. The molecule has 0 aliphatic carbocycles. The second kappa shape index (κ2) is 7.49. The molecule has 0 aromatic rings. The number of hydrogen-bond acceptors (Lipinski definition) is 6. The maximum absolute atomic E-state index is 11.9. The van der Waals surface area contributed by atoms with E-state index in [1.165, 1.54) is 0 Å². The van der Waals surface area contributed by atoms with Gasteiger partial charge in [-0.05, 0) is 26.7 Å². The smallest absolute Gasteiger partial charge is 0.407 e. The first-order chi connectivity index (χ1) is 10.6. The molecule has 124 valence electrons. The summed E-state index contributed by atoms with van der Waals surface area (Å²) in [7, 11) is 0. The fourth-order valence-corrected chi connectivity index (χ4v) is 2.99. The molecule has 2 rings (SSSR count). The number of alkyl carbamates (subject to hydrolysis) is 1. The van der Waals surface area contributed by atoms with E-state index in [0.717, 1.165) is 12.8 Å². The van der Waals surface area contributed by atoms with E-state index in [0.29, 0.717) is 25.2 Å². The summed E-state index contributed by atoms with van der Waals surface area (Å²) in [6.07, 6.45) is 1.17. The van der Waals surface area contributed by atoms with E-state index in [1.54, 1.807) is 6.92 Å². The largest absolute Gasteiger partial charge is 0.511 e. The fourth-order valence-electron chi connectivity index (χ4n) is 2.99. The van der Waals surface area contributed by atoms with E-state index in [-0.39, 0.29) is 30.9 Å². The number of carbonyl (C=O) groups is 2. The van der Waals surface area contributed by atoms with Crippen molar-refractivity contribution in [2.75, 3.05) is 32.8 Å². The molecule has 2 aliphatic heterocycles. The highest BCUT2D eigenvalue weighted by Crippen LogP contribution is 2.33. The molecule has 7 heteroatoms. The highest BCUT2D eigenvalue weighted by Gasteiger charge is 2.38. The Hall–Kier alpha value is -1.76. The van der Waals surface area contributed by atoms with Crippen molar-refractivity contribution in [2.45, 2.75) is 32.7 Å². The lowest BCUT2D eigenvalue weighted by atomic mass is 9.85.